The molecule has 4 rings (SSSR count). The molecule has 4 aromatic carbocycles. The van der Waals surface area contributed by atoms with Gasteiger partial charge in [0.05, 0.1) is 33.4 Å². The number of hydrogen-bond acceptors (Lipinski definition) is 6. The lowest BCUT2D eigenvalue weighted by molar-refractivity contribution is 0.0651. The summed E-state index contributed by atoms with van der Waals surface area (Å²) in [6.07, 6.45) is 0. The van der Waals surface area contributed by atoms with Crippen molar-refractivity contribution < 1.29 is 49.2 Å². The number of aromatic carboxylic acids is 4. The van der Waals surface area contributed by atoms with Crippen LogP contribution in [0.3, 0.4) is 0 Å². The van der Waals surface area contributed by atoms with Crippen molar-refractivity contribution in [2.45, 2.75) is 0 Å². The molecule has 0 aliphatic carbocycles. The van der Waals surface area contributed by atoms with Crippen molar-refractivity contribution in [2.75, 3.05) is 10.6 Å². The van der Waals surface area contributed by atoms with Gasteiger partial charge in [0.1, 0.15) is 0 Å². The molecule has 0 aliphatic heterocycles. The Morgan fingerprint density at radius 1 is 0.429 bits per heavy atom. The van der Waals surface area contributed by atoms with Gasteiger partial charge in [-0.3, -0.25) is 9.59 Å². The third-order valence-corrected chi connectivity index (χ3v) is 6.06. The molecule has 0 fully saturated rings. The minimum Gasteiger partial charge on any atom is -0.478 e. The van der Waals surface area contributed by atoms with Crippen LogP contribution in [0.25, 0.3) is 11.1 Å². The highest BCUT2D eigenvalue weighted by atomic mass is 16.4. The number of carboxylic acid groups (broad SMARTS) is 4. The molecule has 0 aromatic heterocycles. The fraction of sp³-hybridized carbons (Fsp3) is 0. The number of anilines is 2. The van der Waals surface area contributed by atoms with Crippen LogP contribution in [0.1, 0.15) is 62.1 Å². The molecule has 12 nitrogen and oxygen atoms in total. The average molecular weight is 568 g/mol. The zero-order valence-corrected chi connectivity index (χ0v) is 21.3. The van der Waals surface area contributed by atoms with E-state index in [4.69, 9.17) is 0 Å². The lowest BCUT2D eigenvalue weighted by atomic mass is 9.95. The summed E-state index contributed by atoms with van der Waals surface area (Å²) in [5, 5.41) is 42.4. The first-order chi connectivity index (χ1) is 19.9. The largest absolute Gasteiger partial charge is 0.478 e. The molecular weight excluding hydrogens is 548 g/mol. The van der Waals surface area contributed by atoms with Crippen LogP contribution in [0, 0.1) is 0 Å². The molecule has 0 unspecified atom stereocenters. The number of rotatable bonds is 9. The molecule has 6 N–H and O–H groups in total. The molecule has 0 saturated heterocycles. The third-order valence-electron chi connectivity index (χ3n) is 6.06. The zero-order valence-electron chi connectivity index (χ0n) is 21.3. The van der Waals surface area contributed by atoms with Crippen molar-refractivity contribution in [1.29, 1.82) is 0 Å². The summed E-state index contributed by atoms with van der Waals surface area (Å²) >= 11 is 0. The maximum absolute atomic E-state index is 13.4. The lowest BCUT2D eigenvalue weighted by Crippen LogP contribution is -2.20. The molecule has 2 amide bonds. The molecule has 0 atom stereocenters. The predicted octanol–water partition coefficient (Wildman–Crippen LogP) is 4.65. The van der Waals surface area contributed by atoms with E-state index < -0.39 is 46.8 Å². The van der Waals surface area contributed by atoms with Gasteiger partial charge in [-0.1, -0.05) is 24.3 Å². The number of carboxylic acids is 4. The van der Waals surface area contributed by atoms with Crippen LogP contribution in [-0.4, -0.2) is 56.1 Å². The first kappa shape index (κ1) is 28.7. The van der Waals surface area contributed by atoms with Gasteiger partial charge in [0.15, 0.2) is 0 Å². The van der Waals surface area contributed by atoms with Crippen molar-refractivity contribution in [3.8, 4) is 11.1 Å². The highest BCUT2D eigenvalue weighted by Crippen LogP contribution is 2.27. The second-order valence-corrected chi connectivity index (χ2v) is 8.81. The topological polar surface area (TPSA) is 207 Å². The lowest BCUT2D eigenvalue weighted by Gasteiger charge is -2.14. The minimum atomic E-state index is -1.48. The average Bonchev–Trinajstić information content (AvgIpc) is 2.96. The summed E-state index contributed by atoms with van der Waals surface area (Å²) in [6.45, 7) is 0. The minimum absolute atomic E-state index is 0.0848. The SMILES string of the molecule is O=C(O)c1cccc(NC(=O)c2ccc(-c3ccc(C(=O)O)c(C(=O)O)c3)cc2C(=O)Nc2cccc(C(=O)O)c2)c1. The van der Waals surface area contributed by atoms with Crippen molar-refractivity contribution in [3.63, 3.8) is 0 Å². The van der Waals surface area contributed by atoms with Crippen LogP contribution in [-0.2, 0) is 0 Å². The van der Waals surface area contributed by atoms with E-state index in [2.05, 4.69) is 10.6 Å². The highest BCUT2D eigenvalue weighted by molar-refractivity contribution is 6.16. The third kappa shape index (κ3) is 6.29. The van der Waals surface area contributed by atoms with Crippen molar-refractivity contribution in [2.24, 2.45) is 0 Å². The van der Waals surface area contributed by atoms with Gasteiger partial charge in [-0.25, -0.2) is 19.2 Å². The van der Waals surface area contributed by atoms with E-state index in [0.717, 1.165) is 12.1 Å². The number of carbonyl (C=O) groups is 6. The van der Waals surface area contributed by atoms with Gasteiger partial charge in [-0.05, 0) is 71.8 Å². The molecule has 0 radical (unpaired) electrons. The molecule has 0 heterocycles. The molecule has 0 bridgehead atoms. The molecule has 4 aromatic rings. The second-order valence-electron chi connectivity index (χ2n) is 8.81. The standard InChI is InChI=1S/C30H20N2O10/c33-25(31-19-5-1-3-17(11-19)27(35)36)21-9-7-15(16-8-10-22(29(39)40)24(14-16)30(41)42)13-23(21)26(34)32-20-6-2-4-18(12-20)28(37)38/h1-14H,(H,31,33)(H,32,34)(H,35,36)(H,37,38)(H,39,40)(H,41,42). The summed E-state index contributed by atoms with van der Waals surface area (Å²) in [6, 6.07) is 18.4. The Bertz CT molecular complexity index is 1790. The van der Waals surface area contributed by atoms with E-state index in [1.807, 2.05) is 0 Å². The summed E-state index contributed by atoms with van der Waals surface area (Å²) < 4.78 is 0. The number of carbonyl (C=O) groups excluding carboxylic acids is 2. The van der Waals surface area contributed by atoms with Gasteiger partial charge in [0.2, 0.25) is 0 Å². The Balaban J connectivity index is 1.78. The maximum Gasteiger partial charge on any atom is 0.336 e. The van der Waals surface area contributed by atoms with E-state index in [1.54, 1.807) is 0 Å². The molecule has 0 spiro atoms. The normalized spacial score (nSPS) is 10.4. The molecule has 12 heteroatoms. The maximum atomic E-state index is 13.4. The predicted molar refractivity (Wildman–Crippen MR) is 149 cm³/mol. The molecule has 210 valence electrons. The van der Waals surface area contributed by atoms with Crippen LogP contribution in [0.5, 0.6) is 0 Å². The second kappa shape index (κ2) is 11.8. The van der Waals surface area contributed by atoms with Crippen LogP contribution >= 0.6 is 0 Å². The van der Waals surface area contributed by atoms with E-state index in [-0.39, 0.29) is 44.8 Å². The van der Waals surface area contributed by atoms with E-state index in [0.29, 0.717) is 0 Å². The van der Waals surface area contributed by atoms with E-state index in [9.17, 15) is 49.2 Å². The van der Waals surface area contributed by atoms with Crippen LogP contribution < -0.4 is 10.6 Å². The Kier molecular flexibility index (Phi) is 8.09. The Morgan fingerprint density at radius 2 is 0.857 bits per heavy atom. The number of nitrogens with one attached hydrogen (secondary N) is 2. The van der Waals surface area contributed by atoms with Gasteiger partial charge < -0.3 is 31.1 Å². The quantitative estimate of drug-likeness (QED) is 0.165. The van der Waals surface area contributed by atoms with Crippen LogP contribution in [0.15, 0.2) is 84.9 Å². The smallest absolute Gasteiger partial charge is 0.336 e. The fourth-order valence-electron chi connectivity index (χ4n) is 4.05. The van der Waals surface area contributed by atoms with Gasteiger partial charge >= 0.3 is 23.9 Å². The van der Waals surface area contributed by atoms with Gasteiger partial charge in [0.25, 0.3) is 11.8 Å². The van der Waals surface area contributed by atoms with Crippen molar-refractivity contribution in [3.05, 3.63) is 118 Å². The van der Waals surface area contributed by atoms with Gasteiger partial charge in [0, 0.05) is 11.4 Å². The summed E-state index contributed by atoms with van der Waals surface area (Å²) in [7, 11) is 0. The van der Waals surface area contributed by atoms with Crippen molar-refractivity contribution >= 4 is 47.1 Å². The van der Waals surface area contributed by atoms with Crippen LogP contribution in [0.2, 0.25) is 0 Å². The Labute approximate surface area is 236 Å². The van der Waals surface area contributed by atoms with E-state index >= 15 is 0 Å². The first-order valence-corrected chi connectivity index (χ1v) is 12.0. The highest BCUT2D eigenvalue weighted by Gasteiger charge is 2.22. The monoisotopic (exact) mass is 568 g/mol. The fourth-order valence-corrected chi connectivity index (χ4v) is 4.05. The summed E-state index contributed by atoms with van der Waals surface area (Å²) in [4.78, 5) is 72.5. The summed E-state index contributed by atoms with van der Waals surface area (Å²) in [5.74, 6) is -6.96. The number of amides is 2. The Morgan fingerprint density at radius 3 is 1.31 bits per heavy atom. The number of benzene rings is 4. The number of hydrogen-bond donors (Lipinski definition) is 6. The first-order valence-electron chi connectivity index (χ1n) is 12.0. The molecular formula is C30H20N2O10. The van der Waals surface area contributed by atoms with Crippen LogP contribution in [0.4, 0.5) is 11.4 Å². The molecule has 0 aliphatic rings. The molecule has 42 heavy (non-hydrogen) atoms. The zero-order chi connectivity index (χ0) is 30.6. The Hall–Kier alpha value is -6.30. The summed E-state index contributed by atoms with van der Waals surface area (Å²) in [5.41, 5.74) is -0.700. The molecule has 0 saturated carbocycles. The van der Waals surface area contributed by atoms with Crippen molar-refractivity contribution in [1.82, 2.24) is 0 Å². The van der Waals surface area contributed by atoms with E-state index in [1.165, 1.54) is 72.8 Å². The van der Waals surface area contributed by atoms with Gasteiger partial charge in [-0.2, -0.15) is 0 Å². The van der Waals surface area contributed by atoms with Gasteiger partial charge in [-0.15, -0.1) is 0 Å².